The van der Waals surface area contributed by atoms with Crippen LogP contribution in [-0.2, 0) is 47.5 Å². The second-order valence-corrected chi connectivity index (χ2v) is 21.2. The first kappa shape index (κ1) is 46.7. The molecule has 19 atom stereocenters. The van der Waals surface area contributed by atoms with Crippen LogP contribution in [0.15, 0.2) is 23.8 Å². The van der Waals surface area contributed by atoms with Gasteiger partial charge in [-0.3, -0.25) is 9.59 Å². The van der Waals surface area contributed by atoms with Crippen LogP contribution in [0.25, 0.3) is 0 Å². The number of carboxylic acids is 1. The number of ether oxygens (including phenoxy) is 8. The Morgan fingerprint density at radius 2 is 1.68 bits per heavy atom. The summed E-state index contributed by atoms with van der Waals surface area (Å²) in [7, 11) is 0. The van der Waals surface area contributed by atoms with Gasteiger partial charge in [-0.15, -0.1) is 0 Å². The van der Waals surface area contributed by atoms with Crippen molar-refractivity contribution < 1.29 is 73.0 Å². The van der Waals surface area contributed by atoms with Gasteiger partial charge in [0.25, 0.3) is 0 Å². The first-order valence-electron chi connectivity index (χ1n) is 23.4. The number of carboxylic acid groups (broad SMARTS) is 1. The maximum Gasteiger partial charge on any atom is 0.308 e. The number of carbonyl (C=O) groups is 2. The standard InChI is InChI=1S/C47H72O15/c1-26(10-11-33-30(48)22-37(56-33)47(54)39(50)28(3)14-20-55-47)21-27(2)23-42(5)16-13-36(60-42)46-19-18-43(6,62-46)25-35(59-46)38-31(49)24-44(7,61-38)40(51)34-12-17-45(58-34)15-8-9-32(57-45)29(4)41(52)53/h10-11,21,27-30,32-40,48,50-51,54H,8-9,12-20,22-25H2,1-7H3,(H,52,53)/b11-10+,26-21+/t27-,28+,29+,30+,32+,33+,34-,35+,36+,37+,38-,39+,40-,42+,43-,44+,45+,46-,47+/m0/s1. The number of rotatable bonds is 12. The molecule has 0 saturated carbocycles. The Balaban J connectivity index is 0.863. The number of fused-ring (bicyclic) bond motifs is 2. The fourth-order valence-electron chi connectivity index (χ4n) is 12.1. The van der Waals surface area contributed by atoms with Crippen molar-refractivity contribution in [3.63, 3.8) is 0 Å². The number of aliphatic hydroxyl groups excluding tert-OH is 3. The Kier molecular flexibility index (Phi) is 12.9. The van der Waals surface area contributed by atoms with Crippen molar-refractivity contribution in [1.29, 1.82) is 0 Å². The Bertz CT molecular complexity index is 1740. The van der Waals surface area contributed by atoms with E-state index in [2.05, 4.69) is 26.8 Å². The Labute approximate surface area is 365 Å². The van der Waals surface area contributed by atoms with Gasteiger partial charge >= 0.3 is 5.97 Å². The van der Waals surface area contributed by atoms with E-state index in [4.69, 9.17) is 37.9 Å². The lowest BCUT2D eigenvalue weighted by molar-refractivity contribution is -0.359. The number of hydrogen-bond acceptors (Lipinski definition) is 14. The van der Waals surface area contributed by atoms with Crippen molar-refractivity contribution in [2.45, 2.75) is 234 Å². The molecule has 0 amide bonds. The van der Waals surface area contributed by atoms with Gasteiger partial charge < -0.3 is 63.4 Å². The molecule has 62 heavy (non-hydrogen) atoms. The number of ketones is 1. The number of aliphatic hydroxyl groups is 4. The van der Waals surface area contributed by atoms with E-state index in [1.807, 2.05) is 19.9 Å². The Morgan fingerprint density at radius 3 is 2.44 bits per heavy atom. The monoisotopic (exact) mass is 876 g/mol. The van der Waals surface area contributed by atoms with E-state index < -0.39 is 101 Å². The fraction of sp³-hybridized carbons (Fsp3) is 0.872. The maximum absolute atomic E-state index is 13.9. The summed E-state index contributed by atoms with van der Waals surface area (Å²) >= 11 is 0. The first-order valence-corrected chi connectivity index (χ1v) is 23.4. The molecule has 8 heterocycles. The summed E-state index contributed by atoms with van der Waals surface area (Å²) < 4.78 is 51.4. The molecule has 0 aliphatic carbocycles. The molecule has 15 nitrogen and oxygen atoms in total. The van der Waals surface area contributed by atoms with Crippen LogP contribution in [0.1, 0.15) is 138 Å². The molecule has 350 valence electrons. The molecule has 5 N–H and O–H groups in total. The van der Waals surface area contributed by atoms with Crippen molar-refractivity contribution in [3.05, 3.63) is 23.8 Å². The molecule has 8 fully saturated rings. The van der Waals surface area contributed by atoms with E-state index in [-0.39, 0.29) is 36.6 Å². The normalized spacial score (nSPS) is 50.2. The highest BCUT2D eigenvalue weighted by Crippen LogP contribution is 2.55. The summed E-state index contributed by atoms with van der Waals surface area (Å²) in [6, 6.07) is 0. The summed E-state index contributed by atoms with van der Waals surface area (Å²) in [6.07, 6.45) is 6.29. The van der Waals surface area contributed by atoms with Crippen LogP contribution in [0.5, 0.6) is 0 Å². The van der Waals surface area contributed by atoms with Gasteiger partial charge in [0.05, 0.1) is 48.1 Å². The molecule has 1 spiro atoms. The van der Waals surface area contributed by atoms with E-state index >= 15 is 0 Å². The highest BCUT2D eigenvalue weighted by molar-refractivity contribution is 5.86. The third kappa shape index (κ3) is 8.89. The third-order valence-corrected chi connectivity index (χ3v) is 15.7. The Morgan fingerprint density at radius 1 is 0.919 bits per heavy atom. The predicted molar refractivity (Wildman–Crippen MR) is 221 cm³/mol. The molecule has 0 aromatic carbocycles. The van der Waals surface area contributed by atoms with Gasteiger partial charge in [0, 0.05) is 38.5 Å². The van der Waals surface area contributed by atoms with Crippen molar-refractivity contribution in [2.75, 3.05) is 6.61 Å². The summed E-state index contributed by atoms with van der Waals surface area (Å²) in [5.74, 6) is -5.58. The predicted octanol–water partition coefficient (Wildman–Crippen LogP) is 4.77. The fourth-order valence-corrected chi connectivity index (χ4v) is 12.1. The topological polar surface area (TPSA) is 209 Å². The smallest absolute Gasteiger partial charge is 0.308 e. The number of Topliss-reactive ketones (excluding diaryl/α,β-unsaturated/α-hetero) is 1. The molecule has 8 aliphatic heterocycles. The molecule has 15 heteroatoms. The van der Waals surface area contributed by atoms with Crippen LogP contribution < -0.4 is 0 Å². The van der Waals surface area contributed by atoms with Gasteiger partial charge in [-0.2, -0.15) is 0 Å². The molecule has 0 aromatic rings. The minimum absolute atomic E-state index is 0.00421. The number of allylic oxidation sites excluding steroid dienone is 3. The number of hydrogen-bond donors (Lipinski definition) is 5. The van der Waals surface area contributed by atoms with E-state index in [9.17, 15) is 35.1 Å². The van der Waals surface area contributed by atoms with Crippen molar-refractivity contribution in [2.24, 2.45) is 17.8 Å². The highest BCUT2D eigenvalue weighted by Gasteiger charge is 2.64. The first-order chi connectivity index (χ1) is 29.1. The lowest BCUT2D eigenvalue weighted by Crippen LogP contribution is -2.59. The zero-order valence-corrected chi connectivity index (χ0v) is 37.7. The minimum Gasteiger partial charge on any atom is -0.481 e. The largest absolute Gasteiger partial charge is 0.481 e. The molecular weight excluding hydrogens is 805 g/mol. The summed E-state index contributed by atoms with van der Waals surface area (Å²) in [5, 5.41) is 54.0. The van der Waals surface area contributed by atoms with Gasteiger partial charge in [0.15, 0.2) is 17.4 Å². The van der Waals surface area contributed by atoms with Gasteiger partial charge in [-0.05, 0) is 97.8 Å². The summed E-state index contributed by atoms with van der Waals surface area (Å²) in [6.45, 7) is 13.9. The van der Waals surface area contributed by atoms with Gasteiger partial charge in [-0.25, -0.2) is 0 Å². The average molecular weight is 877 g/mol. The average Bonchev–Trinajstić information content (AvgIpc) is 4.02. The minimum atomic E-state index is -1.86. The van der Waals surface area contributed by atoms with Crippen LogP contribution in [0.3, 0.4) is 0 Å². The van der Waals surface area contributed by atoms with Crippen LogP contribution in [0.4, 0.5) is 0 Å². The molecule has 0 unspecified atom stereocenters. The third-order valence-electron chi connectivity index (χ3n) is 15.7. The quantitative estimate of drug-likeness (QED) is 0.167. The van der Waals surface area contributed by atoms with E-state index in [1.54, 1.807) is 19.9 Å². The van der Waals surface area contributed by atoms with Crippen molar-refractivity contribution in [3.8, 4) is 0 Å². The Hall–Kier alpha value is -1.86. The van der Waals surface area contributed by atoms with Crippen LogP contribution in [-0.4, -0.2) is 139 Å². The van der Waals surface area contributed by atoms with E-state index in [0.717, 1.165) is 37.7 Å². The molecule has 8 rings (SSSR count). The van der Waals surface area contributed by atoms with Gasteiger partial charge in [-0.1, -0.05) is 37.6 Å². The highest BCUT2D eigenvalue weighted by atomic mass is 16.8. The number of aliphatic carboxylic acids is 1. The van der Waals surface area contributed by atoms with E-state index in [1.165, 1.54) is 0 Å². The second kappa shape index (κ2) is 17.1. The zero-order valence-electron chi connectivity index (χ0n) is 37.7. The van der Waals surface area contributed by atoms with Crippen molar-refractivity contribution in [1.82, 2.24) is 0 Å². The second-order valence-electron chi connectivity index (χ2n) is 21.2. The molecule has 8 aliphatic rings. The van der Waals surface area contributed by atoms with Gasteiger partial charge in [0.2, 0.25) is 5.79 Å². The molecule has 0 radical (unpaired) electrons. The zero-order chi connectivity index (χ0) is 44.6. The van der Waals surface area contributed by atoms with E-state index in [0.29, 0.717) is 51.6 Å². The van der Waals surface area contributed by atoms with Crippen molar-refractivity contribution >= 4 is 11.8 Å². The number of carbonyl (C=O) groups excluding carboxylic acids is 1. The molecule has 2 bridgehead atoms. The molecule has 8 saturated heterocycles. The van der Waals surface area contributed by atoms with Crippen LogP contribution in [0, 0.1) is 17.8 Å². The van der Waals surface area contributed by atoms with Gasteiger partial charge in [0.1, 0.15) is 42.2 Å². The lowest BCUT2D eigenvalue weighted by Gasteiger charge is -2.47. The maximum atomic E-state index is 13.9. The summed E-state index contributed by atoms with van der Waals surface area (Å²) in [5.41, 5.74) is -1.22. The molecular formula is C47H72O15. The summed E-state index contributed by atoms with van der Waals surface area (Å²) in [4.78, 5) is 25.5. The SMILES string of the molecule is CC(/C=C/[C@H]1O[C@@H]([C@@]2(O)OCC[C@@H](C)[C@H]2O)C[C@H]1O)=C\[C@H](C)C[C@@]1(C)CC[C@H]([C@@]23CC[C@@](C)(C[C@H]([C@H]4O[C@@](C)([C@@H](O)[C@@H]5CC[C@@]6(CCC[C@H]([C@@H](C)C(=O)O)O6)O5)CC4=O)O2)O3)O1. The lowest BCUT2D eigenvalue weighted by atomic mass is 9.87. The van der Waals surface area contributed by atoms with Crippen LogP contribution in [0.2, 0.25) is 0 Å². The van der Waals surface area contributed by atoms with Crippen LogP contribution >= 0.6 is 0 Å². The molecule has 0 aromatic heterocycles.